The molecule has 2 aliphatic rings. The zero-order valence-corrected chi connectivity index (χ0v) is 14.5. The second-order valence-electron chi connectivity index (χ2n) is 6.67. The van der Waals surface area contributed by atoms with Crippen molar-refractivity contribution in [3.63, 3.8) is 0 Å². The maximum atomic E-state index is 13.4. The summed E-state index contributed by atoms with van der Waals surface area (Å²) < 4.78 is 1.89. The van der Waals surface area contributed by atoms with Crippen LogP contribution in [-0.2, 0) is 10.3 Å². The molecule has 0 aromatic carbocycles. The van der Waals surface area contributed by atoms with E-state index in [1.54, 1.807) is 17.5 Å². The molecule has 2 fully saturated rings. The third-order valence-electron chi connectivity index (χ3n) is 5.35. The van der Waals surface area contributed by atoms with E-state index in [-0.39, 0.29) is 5.91 Å². The zero-order chi connectivity index (χ0) is 16.4. The maximum absolute atomic E-state index is 13.4. The van der Waals surface area contributed by atoms with E-state index in [0.717, 1.165) is 51.9 Å². The Hall–Kier alpha value is -1.73. The summed E-state index contributed by atoms with van der Waals surface area (Å²) in [5.41, 5.74) is -0.511. The van der Waals surface area contributed by atoms with Gasteiger partial charge in [-0.1, -0.05) is 0 Å². The summed E-state index contributed by atoms with van der Waals surface area (Å²) in [7, 11) is 0. The van der Waals surface area contributed by atoms with E-state index in [4.69, 9.17) is 0 Å². The highest BCUT2D eigenvalue weighted by atomic mass is 32.1. The van der Waals surface area contributed by atoms with Gasteiger partial charge in [-0.2, -0.15) is 5.10 Å². The first kappa shape index (κ1) is 15.8. The monoisotopic (exact) mass is 345 g/mol. The van der Waals surface area contributed by atoms with E-state index in [9.17, 15) is 4.79 Å². The number of amides is 1. The van der Waals surface area contributed by atoms with Gasteiger partial charge < -0.3 is 10.2 Å². The summed E-state index contributed by atoms with van der Waals surface area (Å²) in [4.78, 5) is 19.9. The topological polar surface area (TPSA) is 63.1 Å². The lowest BCUT2D eigenvalue weighted by Gasteiger charge is -2.42. The van der Waals surface area contributed by atoms with Gasteiger partial charge in [0.05, 0.1) is 5.01 Å². The summed E-state index contributed by atoms with van der Waals surface area (Å²) in [6.07, 6.45) is 9.20. The third kappa shape index (κ3) is 2.75. The van der Waals surface area contributed by atoms with Gasteiger partial charge in [-0.25, -0.2) is 4.98 Å². The van der Waals surface area contributed by atoms with Crippen LogP contribution < -0.4 is 5.32 Å². The van der Waals surface area contributed by atoms with Gasteiger partial charge in [-0.3, -0.25) is 9.48 Å². The minimum atomic E-state index is -0.511. The Morgan fingerprint density at radius 2 is 2.04 bits per heavy atom. The number of hydrogen-bond acceptors (Lipinski definition) is 5. The predicted molar refractivity (Wildman–Crippen MR) is 93.0 cm³/mol. The minimum absolute atomic E-state index is 0.241. The molecule has 2 aliphatic heterocycles. The van der Waals surface area contributed by atoms with E-state index in [1.807, 2.05) is 28.5 Å². The number of likely N-dealkylation sites (tertiary alicyclic amines) is 1. The number of carbonyl (C=O) groups is 1. The largest absolute Gasteiger partial charge is 0.341 e. The van der Waals surface area contributed by atoms with Crippen LogP contribution in [0.5, 0.6) is 0 Å². The van der Waals surface area contributed by atoms with Crippen LogP contribution in [0.1, 0.15) is 36.6 Å². The lowest BCUT2D eigenvalue weighted by Crippen LogP contribution is -2.56. The molecule has 128 valence electrons. The van der Waals surface area contributed by atoms with Gasteiger partial charge in [0.2, 0.25) is 0 Å². The molecule has 0 unspecified atom stereocenters. The maximum Gasteiger partial charge on any atom is 0.250 e. The fourth-order valence-corrected chi connectivity index (χ4v) is 4.77. The van der Waals surface area contributed by atoms with Crippen LogP contribution in [0.4, 0.5) is 0 Å². The summed E-state index contributed by atoms with van der Waals surface area (Å²) in [5, 5.41) is 11.0. The molecule has 4 heterocycles. The van der Waals surface area contributed by atoms with Crippen molar-refractivity contribution in [1.29, 1.82) is 0 Å². The van der Waals surface area contributed by atoms with Gasteiger partial charge in [-0.15, -0.1) is 11.3 Å². The number of carbonyl (C=O) groups excluding carboxylic acids is 1. The van der Waals surface area contributed by atoms with Crippen molar-refractivity contribution in [3.8, 4) is 0 Å². The lowest BCUT2D eigenvalue weighted by molar-refractivity contribution is -0.144. The molecule has 4 rings (SSSR count). The molecule has 2 aromatic heterocycles. The van der Waals surface area contributed by atoms with Crippen molar-refractivity contribution < 1.29 is 4.79 Å². The first-order valence-corrected chi connectivity index (χ1v) is 9.57. The highest BCUT2D eigenvalue weighted by Gasteiger charge is 2.45. The number of rotatable bonds is 3. The molecule has 24 heavy (non-hydrogen) atoms. The van der Waals surface area contributed by atoms with Crippen LogP contribution in [0.15, 0.2) is 30.0 Å². The van der Waals surface area contributed by atoms with Crippen LogP contribution in [0.3, 0.4) is 0 Å². The van der Waals surface area contributed by atoms with Crippen molar-refractivity contribution in [1.82, 2.24) is 25.0 Å². The molecule has 2 aromatic rings. The van der Waals surface area contributed by atoms with Crippen LogP contribution in [0, 0.1) is 0 Å². The zero-order valence-electron chi connectivity index (χ0n) is 13.7. The smallest absolute Gasteiger partial charge is 0.250 e. The Bertz CT molecular complexity index is 655. The average Bonchev–Trinajstić information content (AvgIpc) is 3.35. The normalized spacial score (nSPS) is 21.8. The Morgan fingerprint density at radius 1 is 1.25 bits per heavy atom. The first-order valence-electron chi connectivity index (χ1n) is 8.69. The molecule has 1 amide bonds. The molecular formula is C17H23N5OS. The molecule has 7 heteroatoms. The molecule has 0 radical (unpaired) electrons. The fourth-order valence-electron chi connectivity index (χ4n) is 3.96. The minimum Gasteiger partial charge on any atom is -0.341 e. The second kappa shape index (κ2) is 6.64. The van der Waals surface area contributed by atoms with Gasteiger partial charge >= 0.3 is 0 Å². The van der Waals surface area contributed by atoms with Gasteiger partial charge in [0.25, 0.3) is 5.91 Å². The molecule has 2 saturated heterocycles. The SMILES string of the molecule is O=C(N1CCC(c2nccs2)CC1)C1(n2cccn2)CCNCC1. The number of thiazole rings is 1. The Morgan fingerprint density at radius 3 is 2.67 bits per heavy atom. The van der Waals surface area contributed by atoms with Crippen molar-refractivity contribution in [2.75, 3.05) is 26.2 Å². The molecule has 6 nitrogen and oxygen atoms in total. The van der Waals surface area contributed by atoms with Gasteiger partial charge in [0.1, 0.15) is 5.54 Å². The standard InChI is InChI=1S/C17H23N5OS/c23-16(17(4-7-18-8-5-17)22-10-1-6-20-22)21-11-2-14(3-12-21)15-19-9-13-24-15/h1,6,9-10,13-14,18H,2-5,7-8,11-12H2. The first-order chi connectivity index (χ1) is 11.8. The lowest BCUT2D eigenvalue weighted by atomic mass is 9.85. The van der Waals surface area contributed by atoms with Crippen LogP contribution in [0.2, 0.25) is 0 Å². The molecule has 0 spiro atoms. The van der Waals surface area contributed by atoms with E-state index < -0.39 is 5.54 Å². The van der Waals surface area contributed by atoms with Gasteiger partial charge in [0.15, 0.2) is 0 Å². The van der Waals surface area contributed by atoms with Crippen LogP contribution in [0.25, 0.3) is 0 Å². The van der Waals surface area contributed by atoms with Crippen LogP contribution in [-0.4, -0.2) is 51.8 Å². The number of hydrogen-bond donors (Lipinski definition) is 1. The molecule has 0 bridgehead atoms. The molecule has 0 atom stereocenters. The number of nitrogens with one attached hydrogen (secondary N) is 1. The van der Waals surface area contributed by atoms with Crippen molar-refractivity contribution in [2.45, 2.75) is 37.1 Å². The quantitative estimate of drug-likeness (QED) is 0.922. The molecule has 0 saturated carbocycles. The summed E-state index contributed by atoms with van der Waals surface area (Å²) >= 11 is 1.73. The second-order valence-corrected chi connectivity index (χ2v) is 7.60. The summed E-state index contributed by atoms with van der Waals surface area (Å²) in [6.45, 7) is 3.36. The van der Waals surface area contributed by atoms with E-state index in [1.165, 1.54) is 5.01 Å². The van der Waals surface area contributed by atoms with Crippen molar-refractivity contribution >= 4 is 17.2 Å². The summed E-state index contributed by atoms with van der Waals surface area (Å²) in [6, 6.07) is 1.91. The number of aromatic nitrogens is 3. The molecular weight excluding hydrogens is 322 g/mol. The van der Waals surface area contributed by atoms with Crippen LogP contribution >= 0.6 is 11.3 Å². The van der Waals surface area contributed by atoms with Crippen molar-refractivity contribution in [3.05, 3.63) is 35.0 Å². The Balaban J connectivity index is 1.50. The number of nitrogens with zero attached hydrogens (tertiary/aromatic N) is 4. The molecule has 0 aliphatic carbocycles. The Labute approximate surface area is 145 Å². The highest BCUT2D eigenvalue weighted by Crippen LogP contribution is 2.34. The summed E-state index contributed by atoms with van der Waals surface area (Å²) in [5.74, 6) is 0.744. The van der Waals surface area contributed by atoms with Crippen molar-refractivity contribution in [2.24, 2.45) is 0 Å². The van der Waals surface area contributed by atoms with E-state index >= 15 is 0 Å². The highest BCUT2D eigenvalue weighted by molar-refractivity contribution is 7.09. The third-order valence-corrected chi connectivity index (χ3v) is 6.29. The predicted octanol–water partition coefficient (Wildman–Crippen LogP) is 1.82. The van der Waals surface area contributed by atoms with E-state index in [2.05, 4.69) is 20.3 Å². The van der Waals surface area contributed by atoms with E-state index in [0.29, 0.717) is 5.92 Å². The van der Waals surface area contributed by atoms with Gasteiger partial charge in [0, 0.05) is 43.0 Å². The number of piperidine rings is 2. The molecule has 1 N–H and O–H groups in total. The average molecular weight is 345 g/mol. The Kier molecular flexibility index (Phi) is 4.37. The fraction of sp³-hybridized carbons (Fsp3) is 0.588. The van der Waals surface area contributed by atoms with Gasteiger partial charge in [-0.05, 0) is 44.8 Å².